The summed E-state index contributed by atoms with van der Waals surface area (Å²) in [6.45, 7) is 12.6. The van der Waals surface area contributed by atoms with E-state index >= 15 is 0 Å². The van der Waals surface area contributed by atoms with Crippen LogP contribution in [0.3, 0.4) is 0 Å². The van der Waals surface area contributed by atoms with Gasteiger partial charge in [0.2, 0.25) is 0 Å². The third-order valence-corrected chi connectivity index (χ3v) is 3.25. The predicted octanol–water partition coefficient (Wildman–Crippen LogP) is 2.49. The van der Waals surface area contributed by atoms with Gasteiger partial charge in [0, 0.05) is 11.7 Å². The molecule has 0 spiro atoms. The van der Waals surface area contributed by atoms with Crippen molar-refractivity contribution in [3.8, 4) is 0 Å². The molecule has 4 N–H and O–H groups in total. The second-order valence-corrected chi connectivity index (χ2v) is 4.71. The highest BCUT2D eigenvalue weighted by Crippen LogP contribution is 2.24. The number of nitrogens with two attached hydrogens (primary N) is 2. The Hall–Kier alpha value is -0.500. The van der Waals surface area contributed by atoms with Crippen LogP contribution in [0.2, 0.25) is 0 Å². The molecule has 0 saturated carbocycles. The van der Waals surface area contributed by atoms with E-state index in [4.69, 9.17) is 11.5 Å². The van der Waals surface area contributed by atoms with Crippen molar-refractivity contribution in [2.45, 2.75) is 46.6 Å². The molecular formula is C12H26N2. The monoisotopic (exact) mass is 198 g/mol. The normalized spacial score (nSPS) is 17.9. The minimum Gasteiger partial charge on any atom is -0.403 e. The zero-order chi connectivity index (χ0) is 11.3. The van der Waals surface area contributed by atoms with Crippen LogP contribution in [0.15, 0.2) is 12.3 Å². The molecule has 0 aromatic rings. The molecule has 0 aliphatic heterocycles. The molecule has 0 rings (SSSR count). The summed E-state index contributed by atoms with van der Waals surface area (Å²) in [5.74, 6) is 1.65. The second kappa shape index (κ2) is 6.07. The molecule has 84 valence electrons. The first-order valence-electron chi connectivity index (χ1n) is 5.58. The van der Waals surface area contributed by atoms with Crippen molar-refractivity contribution in [1.29, 1.82) is 0 Å². The Balaban J connectivity index is 4.29. The molecule has 1 unspecified atom stereocenters. The maximum absolute atomic E-state index is 6.22. The number of hydrogen-bond acceptors (Lipinski definition) is 2. The highest BCUT2D eigenvalue weighted by atomic mass is 14.7. The number of rotatable bonds is 6. The zero-order valence-corrected chi connectivity index (χ0v) is 10.1. The predicted molar refractivity (Wildman–Crippen MR) is 63.7 cm³/mol. The van der Waals surface area contributed by atoms with Crippen LogP contribution in [-0.2, 0) is 0 Å². The summed E-state index contributed by atoms with van der Waals surface area (Å²) >= 11 is 0. The largest absolute Gasteiger partial charge is 0.403 e. The van der Waals surface area contributed by atoms with E-state index in [-0.39, 0.29) is 6.04 Å². The first-order chi connectivity index (χ1) is 6.40. The Morgan fingerprint density at radius 3 is 2.07 bits per heavy atom. The topological polar surface area (TPSA) is 52.0 Å². The summed E-state index contributed by atoms with van der Waals surface area (Å²) in [4.78, 5) is 0. The third-order valence-electron chi connectivity index (χ3n) is 3.25. The molecule has 2 nitrogen and oxygen atoms in total. The lowest BCUT2D eigenvalue weighted by molar-refractivity contribution is 0.259. The van der Waals surface area contributed by atoms with E-state index in [1.54, 1.807) is 0 Å². The van der Waals surface area contributed by atoms with Crippen molar-refractivity contribution in [3.63, 3.8) is 0 Å². The summed E-state index contributed by atoms with van der Waals surface area (Å²) < 4.78 is 0. The minimum atomic E-state index is 0.236. The molecule has 3 atom stereocenters. The van der Waals surface area contributed by atoms with Crippen molar-refractivity contribution in [2.75, 3.05) is 0 Å². The average Bonchev–Trinajstić information content (AvgIpc) is 2.11. The van der Waals surface area contributed by atoms with Gasteiger partial charge in [-0.3, -0.25) is 0 Å². The molecule has 0 aromatic carbocycles. The van der Waals surface area contributed by atoms with Gasteiger partial charge in [0.15, 0.2) is 0 Å². The maximum Gasteiger partial charge on any atom is 0.00990 e. The Morgan fingerprint density at radius 2 is 1.79 bits per heavy atom. The summed E-state index contributed by atoms with van der Waals surface area (Å²) in [6.07, 6.45) is 1.93. The molecule has 0 aromatic heterocycles. The van der Waals surface area contributed by atoms with Gasteiger partial charge in [-0.05, 0) is 24.2 Å². The number of allylic oxidation sites excluding steroid dienone is 1. The Morgan fingerprint density at radius 1 is 1.29 bits per heavy atom. The Bertz CT molecular complexity index is 175. The van der Waals surface area contributed by atoms with Crippen LogP contribution >= 0.6 is 0 Å². The van der Waals surface area contributed by atoms with E-state index in [1.165, 1.54) is 0 Å². The van der Waals surface area contributed by atoms with Gasteiger partial charge in [-0.2, -0.15) is 0 Å². The van der Waals surface area contributed by atoms with Crippen molar-refractivity contribution < 1.29 is 0 Å². The van der Waals surface area contributed by atoms with Gasteiger partial charge in [0.1, 0.15) is 0 Å². The van der Waals surface area contributed by atoms with Crippen molar-refractivity contribution in [3.05, 3.63) is 12.3 Å². The van der Waals surface area contributed by atoms with Crippen LogP contribution in [0.1, 0.15) is 40.5 Å². The fourth-order valence-corrected chi connectivity index (χ4v) is 1.76. The van der Waals surface area contributed by atoms with Crippen LogP contribution in [0.5, 0.6) is 0 Å². The van der Waals surface area contributed by atoms with E-state index in [9.17, 15) is 0 Å². The third kappa shape index (κ3) is 4.14. The van der Waals surface area contributed by atoms with Gasteiger partial charge < -0.3 is 11.5 Å². The molecule has 0 aliphatic rings. The quantitative estimate of drug-likeness (QED) is 0.689. The first kappa shape index (κ1) is 13.5. The number of hydrogen-bond donors (Lipinski definition) is 2. The van der Waals surface area contributed by atoms with Gasteiger partial charge in [-0.25, -0.2) is 0 Å². The van der Waals surface area contributed by atoms with E-state index in [0.29, 0.717) is 17.8 Å². The summed E-state index contributed by atoms with van der Waals surface area (Å²) in [6, 6.07) is 0.236. The molecule has 0 heterocycles. The first-order valence-corrected chi connectivity index (χ1v) is 5.58. The molecule has 0 radical (unpaired) electrons. The van der Waals surface area contributed by atoms with Crippen LogP contribution in [0.4, 0.5) is 0 Å². The highest BCUT2D eigenvalue weighted by Gasteiger charge is 2.23. The standard InChI is InChI=1S/C12H26N2/c1-6-11(7-9(4)13)12(14)10(5)8(2)3/h8,10-12H,4,6-7,13-14H2,1-3,5H3/t10-,11-,12?/m1/s1. The van der Waals surface area contributed by atoms with E-state index in [1.807, 2.05) is 0 Å². The molecule has 14 heavy (non-hydrogen) atoms. The summed E-state index contributed by atoms with van der Waals surface area (Å²) in [5, 5.41) is 0. The van der Waals surface area contributed by atoms with Gasteiger partial charge in [0.25, 0.3) is 0 Å². The van der Waals surface area contributed by atoms with Gasteiger partial charge in [-0.1, -0.05) is 40.7 Å². The smallest absolute Gasteiger partial charge is 0.00990 e. The molecular weight excluding hydrogens is 172 g/mol. The second-order valence-electron chi connectivity index (χ2n) is 4.71. The minimum absolute atomic E-state index is 0.236. The lowest BCUT2D eigenvalue weighted by Crippen LogP contribution is -2.39. The lowest BCUT2D eigenvalue weighted by Gasteiger charge is -2.30. The lowest BCUT2D eigenvalue weighted by atomic mass is 9.80. The Labute approximate surface area is 88.7 Å². The van der Waals surface area contributed by atoms with Crippen LogP contribution in [0.25, 0.3) is 0 Å². The summed E-state index contributed by atoms with van der Waals surface area (Å²) in [7, 11) is 0. The van der Waals surface area contributed by atoms with Crippen molar-refractivity contribution in [2.24, 2.45) is 29.2 Å². The molecule has 0 saturated heterocycles. The maximum atomic E-state index is 6.22. The van der Waals surface area contributed by atoms with Crippen LogP contribution in [0, 0.1) is 17.8 Å². The van der Waals surface area contributed by atoms with Crippen LogP contribution < -0.4 is 11.5 Å². The molecule has 2 heteroatoms. The highest BCUT2D eigenvalue weighted by molar-refractivity contribution is 4.92. The molecule has 0 aliphatic carbocycles. The molecule has 0 bridgehead atoms. The van der Waals surface area contributed by atoms with E-state index in [0.717, 1.165) is 18.5 Å². The average molecular weight is 198 g/mol. The van der Waals surface area contributed by atoms with Crippen molar-refractivity contribution in [1.82, 2.24) is 0 Å². The van der Waals surface area contributed by atoms with Gasteiger partial charge in [0.05, 0.1) is 0 Å². The fourth-order valence-electron chi connectivity index (χ4n) is 1.76. The SMILES string of the molecule is C=C(N)C[C@@H](CC)C(N)[C@H](C)C(C)C. The van der Waals surface area contributed by atoms with E-state index in [2.05, 4.69) is 34.3 Å². The van der Waals surface area contributed by atoms with E-state index < -0.39 is 0 Å². The van der Waals surface area contributed by atoms with Crippen LogP contribution in [-0.4, -0.2) is 6.04 Å². The molecule has 0 amide bonds. The summed E-state index contributed by atoms with van der Waals surface area (Å²) in [5.41, 5.74) is 12.6. The van der Waals surface area contributed by atoms with Gasteiger partial charge >= 0.3 is 0 Å². The molecule has 0 fully saturated rings. The van der Waals surface area contributed by atoms with Crippen molar-refractivity contribution >= 4 is 0 Å². The Kier molecular flexibility index (Phi) is 5.86. The van der Waals surface area contributed by atoms with Gasteiger partial charge in [-0.15, -0.1) is 0 Å². The fraction of sp³-hybridized carbons (Fsp3) is 0.833. The zero-order valence-electron chi connectivity index (χ0n) is 10.1.